The standard InChI is InChI=1S/C14H18N2OS/c1-3-10-4-7-13(17-2)11(8-10)5-6-12-9-18-14(15)16-12/h4,7-9H,3,5-6H2,1-2H3,(H2,15,16). The zero-order valence-electron chi connectivity index (χ0n) is 10.8. The first-order valence-electron chi connectivity index (χ1n) is 6.08. The molecular weight excluding hydrogens is 244 g/mol. The maximum absolute atomic E-state index is 5.63. The van der Waals surface area contributed by atoms with Gasteiger partial charge >= 0.3 is 0 Å². The Labute approximate surface area is 112 Å². The third kappa shape index (κ3) is 3.01. The molecule has 2 N–H and O–H groups in total. The molecule has 0 radical (unpaired) electrons. The van der Waals surface area contributed by atoms with Gasteiger partial charge < -0.3 is 10.5 Å². The molecule has 0 atom stereocenters. The highest BCUT2D eigenvalue weighted by Gasteiger charge is 2.06. The number of aromatic nitrogens is 1. The van der Waals surface area contributed by atoms with Gasteiger partial charge in [0, 0.05) is 5.38 Å². The summed E-state index contributed by atoms with van der Waals surface area (Å²) >= 11 is 1.49. The molecule has 1 aromatic carbocycles. The molecule has 3 nitrogen and oxygen atoms in total. The number of aryl methyl sites for hydroxylation is 3. The molecule has 2 rings (SSSR count). The number of nitrogen functional groups attached to an aromatic ring is 1. The first-order valence-corrected chi connectivity index (χ1v) is 6.96. The second kappa shape index (κ2) is 5.87. The monoisotopic (exact) mass is 262 g/mol. The zero-order valence-corrected chi connectivity index (χ0v) is 11.6. The molecule has 0 aliphatic rings. The molecule has 2 aromatic rings. The Morgan fingerprint density at radius 3 is 2.78 bits per heavy atom. The number of hydrogen-bond donors (Lipinski definition) is 1. The molecule has 0 unspecified atom stereocenters. The van der Waals surface area contributed by atoms with Crippen molar-refractivity contribution in [1.29, 1.82) is 0 Å². The Hall–Kier alpha value is -1.55. The smallest absolute Gasteiger partial charge is 0.180 e. The predicted molar refractivity (Wildman–Crippen MR) is 76.3 cm³/mol. The lowest BCUT2D eigenvalue weighted by molar-refractivity contribution is 0.409. The van der Waals surface area contributed by atoms with Crippen LogP contribution in [0.4, 0.5) is 5.13 Å². The minimum absolute atomic E-state index is 0.638. The molecule has 0 amide bonds. The molecular formula is C14H18N2OS. The lowest BCUT2D eigenvalue weighted by Crippen LogP contribution is -1.97. The number of methoxy groups -OCH3 is 1. The fourth-order valence-corrected chi connectivity index (χ4v) is 2.54. The number of hydrogen-bond acceptors (Lipinski definition) is 4. The summed E-state index contributed by atoms with van der Waals surface area (Å²) in [5.41, 5.74) is 9.26. The summed E-state index contributed by atoms with van der Waals surface area (Å²) in [6.07, 6.45) is 2.87. The average molecular weight is 262 g/mol. The van der Waals surface area contributed by atoms with E-state index in [1.807, 2.05) is 11.4 Å². The number of rotatable bonds is 5. The topological polar surface area (TPSA) is 48.1 Å². The lowest BCUT2D eigenvalue weighted by Gasteiger charge is -2.09. The van der Waals surface area contributed by atoms with Crippen LogP contribution in [0.2, 0.25) is 0 Å². The second-order valence-corrected chi connectivity index (χ2v) is 5.07. The van der Waals surface area contributed by atoms with Crippen molar-refractivity contribution in [2.75, 3.05) is 12.8 Å². The third-order valence-corrected chi connectivity index (χ3v) is 3.70. The van der Waals surface area contributed by atoms with Crippen molar-refractivity contribution in [2.24, 2.45) is 0 Å². The Morgan fingerprint density at radius 2 is 2.17 bits per heavy atom. The van der Waals surface area contributed by atoms with Crippen LogP contribution in [0.1, 0.15) is 23.7 Å². The van der Waals surface area contributed by atoms with Gasteiger partial charge in [0.05, 0.1) is 12.8 Å². The van der Waals surface area contributed by atoms with Crippen LogP contribution in [-0.4, -0.2) is 12.1 Å². The second-order valence-electron chi connectivity index (χ2n) is 4.18. The Bertz CT molecular complexity index is 522. The normalized spacial score (nSPS) is 10.6. The number of benzene rings is 1. The maximum Gasteiger partial charge on any atom is 0.180 e. The van der Waals surface area contributed by atoms with Gasteiger partial charge in [-0.3, -0.25) is 0 Å². The third-order valence-electron chi connectivity index (χ3n) is 2.97. The fraction of sp³-hybridized carbons (Fsp3) is 0.357. The van der Waals surface area contributed by atoms with Gasteiger partial charge in [-0.25, -0.2) is 4.98 Å². The molecule has 0 aliphatic carbocycles. The number of ether oxygens (including phenoxy) is 1. The molecule has 0 bridgehead atoms. The summed E-state index contributed by atoms with van der Waals surface area (Å²) in [6, 6.07) is 6.38. The summed E-state index contributed by atoms with van der Waals surface area (Å²) in [6.45, 7) is 2.16. The van der Waals surface area contributed by atoms with E-state index in [0.717, 1.165) is 30.7 Å². The van der Waals surface area contributed by atoms with E-state index in [1.54, 1.807) is 7.11 Å². The van der Waals surface area contributed by atoms with Crippen LogP contribution in [0.3, 0.4) is 0 Å². The van der Waals surface area contributed by atoms with Gasteiger partial charge in [-0.1, -0.05) is 19.1 Å². The van der Waals surface area contributed by atoms with E-state index in [0.29, 0.717) is 5.13 Å². The van der Waals surface area contributed by atoms with E-state index in [4.69, 9.17) is 10.5 Å². The van der Waals surface area contributed by atoms with E-state index < -0.39 is 0 Å². The molecule has 18 heavy (non-hydrogen) atoms. The summed E-state index contributed by atoms with van der Waals surface area (Å²) in [4.78, 5) is 4.28. The fourth-order valence-electron chi connectivity index (χ4n) is 1.95. The van der Waals surface area contributed by atoms with Crippen LogP contribution in [0.15, 0.2) is 23.6 Å². The van der Waals surface area contributed by atoms with Crippen molar-refractivity contribution in [3.63, 3.8) is 0 Å². The predicted octanol–water partition coefficient (Wildman–Crippen LogP) is 3.08. The maximum atomic E-state index is 5.63. The Kier molecular flexibility index (Phi) is 4.20. The summed E-state index contributed by atoms with van der Waals surface area (Å²) < 4.78 is 5.40. The number of nitrogens with two attached hydrogens (primary N) is 1. The molecule has 0 saturated heterocycles. The molecule has 0 aliphatic heterocycles. The van der Waals surface area contributed by atoms with Crippen molar-refractivity contribution in [3.05, 3.63) is 40.4 Å². The van der Waals surface area contributed by atoms with Gasteiger partial charge in [-0.2, -0.15) is 0 Å². The van der Waals surface area contributed by atoms with Crippen LogP contribution in [0.5, 0.6) is 5.75 Å². The molecule has 1 heterocycles. The van der Waals surface area contributed by atoms with Gasteiger partial charge in [-0.05, 0) is 36.5 Å². The van der Waals surface area contributed by atoms with E-state index in [9.17, 15) is 0 Å². The number of anilines is 1. The van der Waals surface area contributed by atoms with Gasteiger partial charge in [0.1, 0.15) is 5.75 Å². The van der Waals surface area contributed by atoms with Crippen LogP contribution >= 0.6 is 11.3 Å². The van der Waals surface area contributed by atoms with Crippen LogP contribution in [0, 0.1) is 0 Å². The highest BCUT2D eigenvalue weighted by Crippen LogP contribution is 2.22. The molecule has 96 valence electrons. The summed E-state index contributed by atoms with van der Waals surface area (Å²) in [7, 11) is 1.71. The minimum Gasteiger partial charge on any atom is -0.496 e. The van der Waals surface area contributed by atoms with Crippen molar-refractivity contribution < 1.29 is 4.74 Å². The van der Waals surface area contributed by atoms with Gasteiger partial charge in [-0.15, -0.1) is 11.3 Å². The van der Waals surface area contributed by atoms with Crippen molar-refractivity contribution in [2.45, 2.75) is 26.2 Å². The lowest BCUT2D eigenvalue weighted by atomic mass is 10.0. The van der Waals surface area contributed by atoms with Crippen molar-refractivity contribution >= 4 is 16.5 Å². The van der Waals surface area contributed by atoms with Gasteiger partial charge in [0.25, 0.3) is 0 Å². The van der Waals surface area contributed by atoms with Crippen LogP contribution < -0.4 is 10.5 Å². The molecule has 0 spiro atoms. The quantitative estimate of drug-likeness (QED) is 0.900. The van der Waals surface area contributed by atoms with E-state index >= 15 is 0 Å². The SMILES string of the molecule is CCc1ccc(OC)c(CCc2csc(N)n2)c1. The highest BCUT2D eigenvalue weighted by atomic mass is 32.1. The van der Waals surface area contributed by atoms with Crippen LogP contribution in [-0.2, 0) is 19.3 Å². The minimum atomic E-state index is 0.638. The van der Waals surface area contributed by atoms with Crippen LogP contribution in [0.25, 0.3) is 0 Å². The Morgan fingerprint density at radius 1 is 1.33 bits per heavy atom. The first kappa shape index (κ1) is 12.9. The van der Waals surface area contributed by atoms with Gasteiger partial charge in [0.2, 0.25) is 0 Å². The number of nitrogens with zero attached hydrogens (tertiary/aromatic N) is 1. The molecule has 0 saturated carbocycles. The van der Waals surface area contributed by atoms with E-state index in [-0.39, 0.29) is 0 Å². The largest absolute Gasteiger partial charge is 0.496 e. The first-order chi connectivity index (χ1) is 8.72. The van der Waals surface area contributed by atoms with Crippen molar-refractivity contribution in [3.8, 4) is 5.75 Å². The molecule has 4 heteroatoms. The zero-order chi connectivity index (χ0) is 13.0. The van der Waals surface area contributed by atoms with E-state index in [2.05, 4.69) is 24.0 Å². The molecule has 1 aromatic heterocycles. The molecule has 0 fully saturated rings. The van der Waals surface area contributed by atoms with E-state index in [1.165, 1.54) is 22.5 Å². The van der Waals surface area contributed by atoms with Gasteiger partial charge in [0.15, 0.2) is 5.13 Å². The van der Waals surface area contributed by atoms with Crippen molar-refractivity contribution in [1.82, 2.24) is 4.98 Å². The summed E-state index contributed by atoms with van der Waals surface area (Å²) in [5, 5.41) is 2.66. The summed E-state index contributed by atoms with van der Waals surface area (Å²) in [5.74, 6) is 0.954. The highest BCUT2D eigenvalue weighted by molar-refractivity contribution is 7.13. The average Bonchev–Trinajstić information content (AvgIpc) is 2.81. The Balaban J connectivity index is 2.11. The number of thiazole rings is 1.